The highest BCUT2D eigenvalue weighted by atomic mass is 32.2. The zero-order valence-electron chi connectivity index (χ0n) is 13.7. The summed E-state index contributed by atoms with van der Waals surface area (Å²) >= 11 is 3.22. The van der Waals surface area contributed by atoms with Crippen molar-refractivity contribution in [2.45, 2.75) is 24.6 Å². The second kappa shape index (κ2) is 9.75. The average molecular weight is 354 g/mol. The second-order valence-electron chi connectivity index (χ2n) is 5.37. The summed E-state index contributed by atoms with van der Waals surface area (Å²) in [5, 5.41) is 12.4. The molecule has 126 valence electrons. The van der Waals surface area contributed by atoms with E-state index < -0.39 is 0 Å². The molecule has 0 unspecified atom stereocenters. The van der Waals surface area contributed by atoms with Crippen LogP contribution >= 0.6 is 23.1 Å². The number of aromatic nitrogens is 2. The van der Waals surface area contributed by atoms with Gasteiger partial charge < -0.3 is 14.8 Å². The number of ether oxygens (including phenoxy) is 2. The minimum absolute atomic E-state index is 0.691. The van der Waals surface area contributed by atoms with Crippen LogP contribution in [0.3, 0.4) is 0 Å². The number of nitrogens with one attached hydrogen (secondary N) is 1. The summed E-state index contributed by atoms with van der Waals surface area (Å²) in [6.07, 6.45) is 1.11. The standard InChI is InChI=1S/C16H23N3O2S2/c1-12(2)7-8-21-9-10-22-16-19-18-15(23-16)17-13-5-4-6-14(11-13)20-3/h4-6,11-12H,7-10H2,1-3H3,(H,17,18). The van der Waals surface area contributed by atoms with Crippen molar-refractivity contribution in [2.75, 3.05) is 31.4 Å². The van der Waals surface area contributed by atoms with Crippen molar-refractivity contribution < 1.29 is 9.47 Å². The Balaban J connectivity index is 1.72. The van der Waals surface area contributed by atoms with E-state index in [0.29, 0.717) is 5.92 Å². The first-order chi connectivity index (χ1) is 11.2. The maximum absolute atomic E-state index is 5.60. The molecule has 7 heteroatoms. The van der Waals surface area contributed by atoms with Gasteiger partial charge in [0.1, 0.15) is 5.75 Å². The monoisotopic (exact) mass is 353 g/mol. The molecule has 1 aromatic heterocycles. The van der Waals surface area contributed by atoms with Gasteiger partial charge in [-0.2, -0.15) is 0 Å². The molecule has 0 radical (unpaired) electrons. The molecule has 1 heterocycles. The summed E-state index contributed by atoms with van der Waals surface area (Å²) < 4.78 is 11.8. The molecule has 0 aliphatic carbocycles. The summed E-state index contributed by atoms with van der Waals surface area (Å²) in [7, 11) is 1.65. The number of anilines is 2. The number of hydrogen-bond acceptors (Lipinski definition) is 7. The molecular weight excluding hydrogens is 330 g/mol. The predicted octanol–water partition coefficient (Wildman–Crippen LogP) is 4.45. The van der Waals surface area contributed by atoms with Gasteiger partial charge in [0.2, 0.25) is 5.13 Å². The zero-order valence-corrected chi connectivity index (χ0v) is 15.4. The first-order valence-electron chi connectivity index (χ1n) is 7.62. The molecule has 2 rings (SSSR count). The molecule has 0 bridgehead atoms. The van der Waals surface area contributed by atoms with Gasteiger partial charge in [-0.15, -0.1) is 10.2 Å². The van der Waals surface area contributed by atoms with E-state index in [4.69, 9.17) is 9.47 Å². The Labute approximate surface area is 145 Å². The van der Waals surface area contributed by atoms with Crippen molar-refractivity contribution in [2.24, 2.45) is 5.92 Å². The Morgan fingerprint density at radius 3 is 2.91 bits per heavy atom. The maximum atomic E-state index is 5.60. The van der Waals surface area contributed by atoms with Crippen molar-refractivity contribution in [3.63, 3.8) is 0 Å². The van der Waals surface area contributed by atoms with Crippen LogP contribution in [-0.4, -0.2) is 36.3 Å². The average Bonchev–Trinajstić information content (AvgIpc) is 2.98. The van der Waals surface area contributed by atoms with E-state index in [1.165, 1.54) is 0 Å². The van der Waals surface area contributed by atoms with E-state index >= 15 is 0 Å². The fraction of sp³-hybridized carbons (Fsp3) is 0.500. The minimum Gasteiger partial charge on any atom is -0.497 e. The van der Waals surface area contributed by atoms with Gasteiger partial charge in [0, 0.05) is 24.1 Å². The molecule has 0 atom stereocenters. The first kappa shape index (κ1) is 18.0. The number of hydrogen-bond donors (Lipinski definition) is 1. The molecule has 23 heavy (non-hydrogen) atoms. The Morgan fingerprint density at radius 2 is 2.13 bits per heavy atom. The highest BCUT2D eigenvalue weighted by molar-refractivity contribution is 8.01. The van der Waals surface area contributed by atoms with Crippen LogP contribution in [0.1, 0.15) is 20.3 Å². The third kappa shape index (κ3) is 6.76. The van der Waals surface area contributed by atoms with Crippen molar-refractivity contribution >= 4 is 33.9 Å². The molecule has 0 amide bonds. The molecule has 0 fully saturated rings. The third-order valence-electron chi connectivity index (χ3n) is 3.02. The number of benzene rings is 1. The zero-order chi connectivity index (χ0) is 16.5. The lowest BCUT2D eigenvalue weighted by atomic mass is 10.1. The van der Waals surface area contributed by atoms with Crippen molar-refractivity contribution in [1.82, 2.24) is 10.2 Å². The van der Waals surface area contributed by atoms with E-state index in [2.05, 4.69) is 29.4 Å². The molecule has 5 nitrogen and oxygen atoms in total. The maximum Gasteiger partial charge on any atom is 0.210 e. The van der Waals surface area contributed by atoms with Crippen molar-refractivity contribution in [3.8, 4) is 5.75 Å². The van der Waals surface area contributed by atoms with Crippen LogP contribution < -0.4 is 10.1 Å². The Hall–Kier alpha value is -1.31. The molecule has 0 saturated heterocycles. The lowest BCUT2D eigenvalue weighted by Gasteiger charge is -2.05. The summed E-state index contributed by atoms with van der Waals surface area (Å²) in [6.45, 7) is 5.99. The Bertz CT molecular complexity index is 590. The lowest BCUT2D eigenvalue weighted by molar-refractivity contribution is 0.138. The summed E-state index contributed by atoms with van der Waals surface area (Å²) in [5.74, 6) is 2.40. The van der Waals surface area contributed by atoms with Gasteiger partial charge in [-0.05, 0) is 24.5 Å². The Kier molecular flexibility index (Phi) is 7.64. The van der Waals surface area contributed by atoms with E-state index in [9.17, 15) is 0 Å². The molecule has 0 spiro atoms. The second-order valence-corrected chi connectivity index (χ2v) is 7.69. The molecule has 1 aromatic carbocycles. The summed E-state index contributed by atoms with van der Waals surface area (Å²) in [5.41, 5.74) is 0.939. The van der Waals surface area contributed by atoms with Crippen LogP contribution in [0.15, 0.2) is 28.6 Å². The SMILES string of the molecule is COc1cccc(Nc2nnc(SCCOCCC(C)C)s2)c1. The van der Waals surface area contributed by atoms with Crippen LogP contribution in [0.5, 0.6) is 5.75 Å². The van der Waals surface area contributed by atoms with Crippen LogP contribution in [0.25, 0.3) is 0 Å². The lowest BCUT2D eigenvalue weighted by Crippen LogP contribution is -2.02. The van der Waals surface area contributed by atoms with E-state index in [1.807, 2.05) is 24.3 Å². The highest BCUT2D eigenvalue weighted by Gasteiger charge is 2.06. The Morgan fingerprint density at radius 1 is 1.26 bits per heavy atom. The minimum atomic E-state index is 0.691. The smallest absolute Gasteiger partial charge is 0.210 e. The van der Waals surface area contributed by atoms with Crippen LogP contribution in [0, 0.1) is 5.92 Å². The van der Waals surface area contributed by atoms with Gasteiger partial charge >= 0.3 is 0 Å². The molecular formula is C16H23N3O2S2. The molecule has 0 aliphatic heterocycles. The largest absolute Gasteiger partial charge is 0.497 e. The quantitative estimate of drug-likeness (QED) is 0.503. The summed E-state index contributed by atoms with van der Waals surface area (Å²) in [6, 6.07) is 7.74. The molecule has 1 N–H and O–H groups in total. The molecule has 0 aliphatic rings. The van der Waals surface area contributed by atoms with Gasteiger partial charge in [0.25, 0.3) is 0 Å². The fourth-order valence-corrected chi connectivity index (χ4v) is 3.45. The normalized spacial score (nSPS) is 11.0. The van der Waals surface area contributed by atoms with Crippen molar-refractivity contribution in [3.05, 3.63) is 24.3 Å². The van der Waals surface area contributed by atoms with E-state index in [0.717, 1.165) is 46.3 Å². The number of nitrogens with zero attached hydrogens (tertiary/aromatic N) is 2. The number of methoxy groups -OCH3 is 1. The fourth-order valence-electron chi connectivity index (χ4n) is 1.75. The first-order valence-corrected chi connectivity index (χ1v) is 9.42. The van der Waals surface area contributed by atoms with Gasteiger partial charge in [0.15, 0.2) is 4.34 Å². The van der Waals surface area contributed by atoms with Gasteiger partial charge in [0.05, 0.1) is 13.7 Å². The van der Waals surface area contributed by atoms with Crippen molar-refractivity contribution in [1.29, 1.82) is 0 Å². The molecule has 2 aromatic rings. The van der Waals surface area contributed by atoms with E-state index in [1.54, 1.807) is 30.2 Å². The third-order valence-corrected chi connectivity index (χ3v) is 4.96. The van der Waals surface area contributed by atoms with Gasteiger partial charge in [-0.3, -0.25) is 0 Å². The topological polar surface area (TPSA) is 56.3 Å². The van der Waals surface area contributed by atoms with Gasteiger partial charge in [-0.25, -0.2) is 0 Å². The summed E-state index contributed by atoms with van der Waals surface area (Å²) in [4.78, 5) is 0. The number of thioether (sulfide) groups is 1. The molecule has 0 saturated carbocycles. The van der Waals surface area contributed by atoms with Crippen LogP contribution in [0.2, 0.25) is 0 Å². The predicted molar refractivity (Wildman–Crippen MR) is 97.2 cm³/mol. The van der Waals surface area contributed by atoms with Crippen LogP contribution in [0.4, 0.5) is 10.8 Å². The highest BCUT2D eigenvalue weighted by Crippen LogP contribution is 2.28. The van der Waals surface area contributed by atoms with Crippen LogP contribution in [-0.2, 0) is 4.74 Å². The van der Waals surface area contributed by atoms with E-state index in [-0.39, 0.29) is 0 Å². The number of rotatable bonds is 10. The van der Waals surface area contributed by atoms with Gasteiger partial charge in [-0.1, -0.05) is 43.0 Å².